The molecule has 0 saturated heterocycles. The second-order valence-corrected chi connectivity index (χ2v) is 8.35. The molecule has 0 unspecified atom stereocenters. The molecule has 174 valence electrons. The molecule has 9 nitrogen and oxygen atoms in total. The number of nitrogen functional groups attached to an aromatic ring is 1. The van der Waals surface area contributed by atoms with E-state index < -0.39 is 0 Å². The maximum absolute atomic E-state index is 11.9. The first-order chi connectivity index (χ1) is 16.0. The molecule has 0 aliphatic carbocycles. The van der Waals surface area contributed by atoms with Gasteiger partial charge in [0, 0.05) is 0 Å². The minimum Gasteiger partial charge on any atom is -0.491 e. The molecule has 1 heterocycles. The van der Waals surface area contributed by atoms with Crippen molar-refractivity contribution in [3.05, 3.63) is 63.1 Å². The summed E-state index contributed by atoms with van der Waals surface area (Å²) < 4.78 is 16.7. The molecule has 2 aromatic carbocycles. The number of halogens is 2. The van der Waals surface area contributed by atoms with Gasteiger partial charge in [-0.1, -0.05) is 52.7 Å². The smallest absolute Gasteiger partial charge is 0.247 e. The maximum atomic E-state index is 11.9. The lowest BCUT2D eigenvalue weighted by molar-refractivity contribution is -0.120. The van der Waals surface area contributed by atoms with Gasteiger partial charge in [-0.25, -0.2) is 5.43 Å². The summed E-state index contributed by atoms with van der Waals surface area (Å²) in [5, 5.41) is 12.7. The fraction of sp³-hybridized carbons (Fsp3) is 0.238. The van der Waals surface area contributed by atoms with Crippen molar-refractivity contribution in [3.8, 4) is 11.5 Å². The van der Waals surface area contributed by atoms with Crippen LogP contribution in [0.5, 0.6) is 11.5 Å². The third-order valence-corrected chi connectivity index (χ3v) is 5.25. The van der Waals surface area contributed by atoms with E-state index >= 15 is 0 Å². The van der Waals surface area contributed by atoms with Gasteiger partial charge in [0.25, 0.3) is 0 Å². The molecule has 33 heavy (non-hydrogen) atoms. The summed E-state index contributed by atoms with van der Waals surface area (Å²) in [6, 6.07) is 12.7. The first kappa shape index (κ1) is 24.7. The second kappa shape index (κ2) is 12.9. The van der Waals surface area contributed by atoms with Crippen molar-refractivity contribution in [2.75, 3.05) is 32.2 Å². The largest absolute Gasteiger partial charge is 0.491 e. The maximum Gasteiger partial charge on any atom is 0.247 e. The molecule has 0 spiro atoms. The molecule has 3 rings (SSSR count). The van der Waals surface area contributed by atoms with E-state index in [1.165, 1.54) is 6.21 Å². The molecule has 12 heteroatoms. The Morgan fingerprint density at radius 3 is 2.42 bits per heavy atom. The molecule has 0 bridgehead atoms. The highest BCUT2D eigenvalue weighted by molar-refractivity contribution is 7.15. The Hall–Kier alpha value is -2.92. The predicted octanol–water partition coefficient (Wildman–Crippen LogP) is 3.59. The number of nitrogens with two attached hydrogens (primary N) is 1. The number of hydrogen-bond donors (Lipinski definition) is 2. The van der Waals surface area contributed by atoms with Gasteiger partial charge >= 0.3 is 0 Å². The third kappa shape index (κ3) is 8.50. The van der Waals surface area contributed by atoms with Crippen LogP contribution in [-0.2, 0) is 16.0 Å². The molecule has 3 aromatic rings. The lowest BCUT2D eigenvalue weighted by Gasteiger charge is -2.11. The molecule has 0 aliphatic heterocycles. The summed E-state index contributed by atoms with van der Waals surface area (Å²) in [7, 11) is 0. The molecule has 0 aliphatic rings. The summed E-state index contributed by atoms with van der Waals surface area (Å²) in [5.41, 5.74) is 8.47. The summed E-state index contributed by atoms with van der Waals surface area (Å²) in [5.74, 6) is 0.785. The Morgan fingerprint density at radius 2 is 1.76 bits per heavy atom. The third-order valence-electron chi connectivity index (χ3n) is 3.93. The van der Waals surface area contributed by atoms with Gasteiger partial charge in [-0.05, 0) is 29.8 Å². The van der Waals surface area contributed by atoms with Crippen LogP contribution in [0.1, 0.15) is 10.6 Å². The number of benzene rings is 2. The van der Waals surface area contributed by atoms with E-state index in [1.807, 2.05) is 30.3 Å². The van der Waals surface area contributed by atoms with Crippen LogP contribution in [0, 0.1) is 0 Å². The van der Waals surface area contributed by atoms with Gasteiger partial charge in [0.2, 0.25) is 11.0 Å². The topological polar surface area (TPSA) is 121 Å². The minimum absolute atomic E-state index is 0.0287. The van der Waals surface area contributed by atoms with Gasteiger partial charge in [0.05, 0.1) is 35.9 Å². The highest BCUT2D eigenvalue weighted by Crippen LogP contribution is 2.33. The number of hydrazone groups is 1. The quantitative estimate of drug-likeness (QED) is 0.217. The first-order valence-corrected chi connectivity index (χ1v) is 11.4. The van der Waals surface area contributed by atoms with Crippen LogP contribution in [0.15, 0.2) is 47.6 Å². The van der Waals surface area contributed by atoms with Crippen molar-refractivity contribution in [1.82, 2.24) is 15.6 Å². The average Bonchev–Trinajstić information content (AvgIpc) is 3.19. The molecule has 3 N–H and O–H groups in total. The average molecular weight is 510 g/mol. The van der Waals surface area contributed by atoms with Crippen LogP contribution in [-0.4, -0.2) is 48.7 Å². The van der Waals surface area contributed by atoms with Gasteiger partial charge in [0.1, 0.15) is 24.0 Å². The number of nitrogens with one attached hydrogen (secondary N) is 1. The van der Waals surface area contributed by atoms with E-state index in [4.69, 9.17) is 43.1 Å². The number of ether oxygens (including phenoxy) is 3. The minimum atomic E-state index is -0.353. The standard InChI is InChI=1S/C21H21Cl2N5O4S/c22-16-10-14(13-25-26-18(29)12-19-27-28-21(24)33-19)11-17(23)20(16)32-9-7-30-6-8-31-15-4-2-1-3-5-15/h1-5,10-11,13H,6-9,12H2,(H2,24,28)(H,26,29)/b25-13-. The number of carbonyl (C=O) groups excluding carboxylic acids is 1. The van der Waals surface area contributed by atoms with Gasteiger partial charge in [-0.3, -0.25) is 4.79 Å². The fourth-order valence-electron chi connectivity index (χ4n) is 2.53. The Balaban J connectivity index is 1.38. The fourth-order valence-corrected chi connectivity index (χ4v) is 3.75. The second-order valence-electron chi connectivity index (χ2n) is 6.44. The summed E-state index contributed by atoms with van der Waals surface area (Å²) in [6.45, 7) is 1.48. The van der Waals surface area contributed by atoms with Crippen molar-refractivity contribution in [3.63, 3.8) is 0 Å². The lowest BCUT2D eigenvalue weighted by atomic mass is 10.2. The number of para-hydroxylation sites is 1. The van der Waals surface area contributed by atoms with Gasteiger partial charge in [-0.2, -0.15) is 5.10 Å². The first-order valence-electron chi connectivity index (χ1n) is 9.78. The molecule has 1 aromatic heterocycles. The summed E-state index contributed by atoms with van der Waals surface area (Å²) in [6.07, 6.45) is 1.45. The Kier molecular flexibility index (Phi) is 9.70. The van der Waals surface area contributed by atoms with Crippen LogP contribution < -0.4 is 20.6 Å². The van der Waals surface area contributed by atoms with Crippen molar-refractivity contribution >= 4 is 51.8 Å². The summed E-state index contributed by atoms with van der Waals surface area (Å²) >= 11 is 13.7. The molecule has 0 radical (unpaired) electrons. The van der Waals surface area contributed by atoms with E-state index in [2.05, 4.69) is 20.7 Å². The highest BCUT2D eigenvalue weighted by Gasteiger charge is 2.10. The van der Waals surface area contributed by atoms with E-state index in [0.29, 0.717) is 51.3 Å². The van der Waals surface area contributed by atoms with Crippen LogP contribution in [0.25, 0.3) is 0 Å². The number of aromatic nitrogens is 2. The molecule has 0 saturated carbocycles. The zero-order valence-corrected chi connectivity index (χ0v) is 19.7. The Morgan fingerprint density at radius 1 is 1.06 bits per heavy atom. The molecular formula is C21H21Cl2N5O4S. The summed E-state index contributed by atoms with van der Waals surface area (Å²) in [4.78, 5) is 11.9. The van der Waals surface area contributed by atoms with Crippen LogP contribution in [0.3, 0.4) is 0 Å². The monoisotopic (exact) mass is 509 g/mol. The van der Waals surface area contributed by atoms with E-state index in [-0.39, 0.29) is 18.9 Å². The van der Waals surface area contributed by atoms with Gasteiger partial charge in [0.15, 0.2) is 5.75 Å². The predicted molar refractivity (Wildman–Crippen MR) is 128 cm³/mol. The number of amides is 1. The number of rotatable bonds is 12. The van der Waals surface area contributed by atoms with Crippen molar-refractivity contribution in [2.45, 2.75) is 6.42 Å². The highest BCUT2D eigenvalue weighted by atomic mass is 35.5. The van der Waals surface area contributed by atoms with E-state index in [9.17, 15) is 4.79 Å². The van der Waals surface area contributed by atoms with Gasteiger partial charge in [-0.15, -0.1) is 10.2 Å². The molecule has 0 atom stereocenters. The van der Waals surface area contributed by atoms with E-state index in [1.54, 1.807) is 12.1 Å². The number of anilines is 1. The Labute approximate surface area is 204 Å². The van der Waals surface area contributed by atoms with Crippen molar-refractivity contribution < 1.29 is 19.0 Å². The zero-order chi connectivity index (χ0) is 23.5. The Bertz CT molecular complexity index is 1060. The van der Waals surface area contributed by atoms with Gasteiger partial charge < -0.3 is 19.9 Å². The molecular weight excluding hydrogens is 489 g/mol. The lowest BCUT2D eigenvalue weighted by Crippen LogP contribution is -2.19. The van der Waals surface area contributed by atoms with Crippen LogP contribution in [0.2, 0.25) is 10.0 Å². The molecule has 1 amide bonds. The number of carbonyl (C=O) groups is 1. The normalized spacial score (nSPS) is 11.0. The van der Waals surface area contributed by atoms with Crippen LogP contribution in [0.4, 0.5) is 5.13 Å². The van der Waals surface area contributed by atoms with Crippen molar-refractivity contribution in [1.29, 1.82) is 0 Å². The van der Waals surface area contributed by atoms with Crippen LogP contribution >= 0.6 is 34.5 Å². The zero-order valence-electron chi connectivity index (χ0n) is 17.4. The number of hydrogen-bond acceptors (Lipinski definition) is 9. The SMILES string of the molecule is Nc1nnc(CC(=O)N/N=C\c2cc(Cl)c(OCCOCCOc3ccccc3)c(Cl)c2)s1. The van der Waals surface area contributed by atoms with E-state index in [0.717, 1.165) is 17.1 Å². The number of nitrogens with zero attached hydrogens (tertiary/aromatic N) is 3. The van der Waals surface area contributed by atoms with Crippen molar-refractivity contribution in [2.24, 2.45) is 5.10 Å². The molecule has 0 fully saturated rings.